The zero-order valence-electron chi connectivity index (χ0n) is 11.2. The van der Waals surface area contributed by atoms with Crippen LogP contribution < -0.4 is 5.73 Å². The fourth-order valence-electron chi connectivity index (χ4n) is 3.50. The molecule has 0 aromatic rings. The minimum Gasteiger partial charge on any atom is -0.387 e. The molecule has 1 spiro atoms. The fourth-order valence-corrected chi connectivity index (χ4v) is 3.50. The molecule has 17 heavy (non-hydrogen) atoms. The van der Waals surface area contributed by atoms with Gasteiger partial charge in [-0.1, -0.05) is 26.2 Å². The molecular formula is C14H27N3. The summed E-state index contributed by atoms with van der Waals surface area (Å²) in [6.07, 6.45) is 10.0. The summed E-state index contributed by atoms with van der Waals surface area (Å²) in [7, 11) is 0. The summed E-state index contributed by atoms with van der Waals surface area (Å²) >= 11 is 0. The first-order valence-electron chi connectivity index (χ1n) is 7.18. The summed E-state index contributed by atoms with van der Waals surface area (Å²) in [5.41, 5.74) is 6.23. The minimum absolute atomic E-state index is 0.218. The number of nitrogens with two attached hydrogens (primary N) is 1. The first-order chi connectivity index (χ1) is 8.11. The second kappa shape index (κ2) is 5.38. The third kappa shape index (κ3) is 3.21. The van der Waals surface area contributed by atoms with Crippen LogP contribution in [0.1, 0.15) is 51.9 Å². The monoisotopic (exact) mass is 237 g/mol. The second-order valence-corrected chi connectivity index (χ2v) is 6.22. The van der Waals surface area contributed by atoms with Crippen LogP contribution in [0, 0.1) is 16.7 Å². The van der Waals surface area contributed by atoms with Crippen molar-refractivity contribution in [3.63, 3.8) is 0 Å². The van der Waals surface area contributed by atoms with E-state index in [2.05, 4.69) is 11.8 Å². The Morgan fingerprint density at radius 3 is 2.29 bits per heavy atom. The summed E-state index contributed by atoms with van der Waals surface area (Å²) in [5, 5.41) is 7.46. The maximum absolute atomic E-state index is 7.46. The largest absolute Gasteiger partial charge is 0.387 e. The highest BCUT2D eigenvalue weighted by Gasteiger charge is 2.35. The van der Waals surface area contributed by atoms with Crippen molar-refractivity contribution >= 4 is 5.84 Å². The van der Waals surface area contributed by atoms with Crippen molar-refractivity contribution in [2.45, 2.75) is 51.9 Å². The maximum atomic E-state index is 7.46. The number of amidine groups is 1. The Morgan fingerprint density at radius 2 is 1.76 bits per heavy atom. The molecule has 0 bridgehead atoms. The molecule has 0 amide bonds. The van der Waals surface area contributed by atoms with Crippen LogP contribution in [0.25, 0.3) is 0 Å². The summed E-state index contributed by atoms with van der Waals surface area (Å²) in [4.78, 5) is 2.51. The van der Waals surface area contributed by atoms with Crippen LogP contribution >= 0.6 is 0 Å². The highest BCUT2D eigenvalue weighted by Crippen LogP contribution is 2.44. The fraction of sp³-hybridized carbons (Fsp3) is 0.929. The normalized spacial score (nSPS) is 26.9. The van der Waals surface area contributed by atoms with Crippen molar-refractivity contribution in [3.05, 3.63) is 0 Å². The molecule has 0 aromatic carbocycles. The highest BCUT2D eigenvalue weighted by molar-refractivity contribution is 5.79. The second-order valence-electron chi connectivity index (χ2n) is 6.22. The van der Waals surface area contributed by atoms with Crippen LogP contribution in [0.5, 0.6) is 0 Å². The topological polar surface area (TPSA) is 53.1 Å². The van der Waals surface area contributed by atoms with E-state index in [0.29, 0.717) is 11.3 Å². The average molecular weight is 237 g/mol. The van der Waals surface area contributed by atoms with E-state index in [1.807, 2.05) is 0 Å². The molecule has 2 fully saturated rings. The minimum atomic E-state index is 0.218. The molecule has 1 unspecified atom stereocenters. The van der Waals surface area contributed by atoms with Gasteiger partial charge in [0, 0.05) is 12.5 Å². The van der Waals surface area contributed by atoms with E-state index in [0.717, 1.165) is 6.54 Å². The van der Waals surface area contributed by atoms with Gasteiger partial charge in [0.1, 0.15) is 0 Å². The molecular weight excluding hydrogens is 210 g/mol. The number of likely N-dealkylation sites (tertiary alicyclic amines) is 1. The van der Waals surface area contributed by atoms with Crippen molar-refractivity contribution in [2.24, 2.45) is 17.1 Å². The van der Waals surface area contributed by atoms with Crippen LogP contribution in [0.4, 0.5) is 0 Å². The van der Waals surface area contributed by atoms with Gasteiger partial charge in [0.25, 0.3) is 0 Å². The first-order valence-corrected chi connectivity index (χ1v) is 7.18. The first kappa shape index (κ1) is 12.9. The zero-order valence-corrected chi connectivity index (χ0v) is 11.2. The predicted octanol–water partition coefficient (Wildman–Crippen LogP) is 2.60. The molecule has 1 aliphatic heterocycles. The van der Waals surface area contributed by atoms with Gasteiger partial charge in [-0.3, -0.25) is 5.41 Å². The molecule has 1 aliphatic carbocycles. The summed E-state index contributed by atoms with van der Waals surface area (Å²) in [6.45, 7) is 5.48. The van der Waals surface area contributed by atoms with Crippen molar-refractivity contribution in [3.8, 4) is 0 Å². The van der Waals surface area contributed by atoms with E-state index < -0.39 is 0 Å². The predicted molar refractivity (Wildman–Crippen MR) is 72.3 cm³/mol. The van der Waals surface area contributed by atoms with Crippen LogP contribution in [-0.2, 0) is 0 Å². The number of nitrogens with one attached hydrogen (secondary N) is 1. The number of hydrogen-bond acceptors (Lipinski definition) is 2. The summed E-state index contributed by atoms with van der Waals surface area (Å²) in [6, 6.07) is 0. The third-order valence-corrected chi connectivity index (χ3v) is 4.89. The molecule has 0 radical (unpaired) electrons. The van der Waals surface area contributed by atoms with Gasteiger partial charge in [-0.2, -0.15) is 0 Å². The van der Waals surface area contributed by atoms with E-state index in [1.165, 1.54) is 58.0 Å². The van der Waals surface area contributed by atoms with Gasteiger partial charge in [-0.25, -0.2) is 0 Å². The van der Waals surface area contributed by atoms with Gasteiger partial charge in [0.15, 0.2) is 0 Å². The Hall–Kier alpha value is -0.570. The number of piperidine rings is 1. The Labute approximate surface area is 105 Å². The molecule has 2 aliphatic rings. The molecule has 1 heterocycles. The zero-order chi connectivity index (χ0) is 12.3. The highest BCUT2D eigenvalue weighted by atomic mass is 15.1. The van der Waals surface area contributed by atoms with Crippen molar-refractivity contribution in [1.82, 2.24) is 4.90 Å². The van der Waals surface area contributed by atoms with E-state index in [-0.39, 0.29) is 5.92 Å². The van der Waals surface area contributed by atoms with Crippen LogP contribution in [0.2, 0.25) is 0 Å². The lowest BCUT2D eigenvalue weighted by molar-refractivity contribution is 0.0648. The Morgan fingerprint density at radius 1 is 1.18 bits per heavy atom. The van der Waals surface area contributed by atoms with E-state index >= 15 is 0 Å². The lowest BCUT2D eigenvalue weighted by Gasteiger charge is -2.44. The Kier molecular flexibility index (Phi) is 4.08. The van der Waals surface area contributed by atoms with Gasteiger partial charge in [0.05, 0.1) is 5.84 Å². The lowest BCUT2D eigenvalue weighted by atomic mass is 9.68. The summed E-state index contributed by atoms with van der Waals surface area (Å²) < 4.78 is 0. The van der Waals surface area contributed by atoms with Crippen molar-refractivity contribution < 1.29 is 0 Å². The van der Waals surface area contributed by atoms with Crippen LogP contribution in [0.15, 0.2) is 0 Å². The average Bonchev–Trinajstić information content (AvgIpc) is 2.33. The molecule has 98 valence electrons. The Balaban J connectivity index is 1.79. The van der Waals surface area contributed by atoms with Crippen LogP contribution in [0.3, 0.4) is 0 Å². The van der Waals surface area contributed by atoms with Crippen LogP contribution in [-0.4, -0.2) is 30.4 Å². The smallest absolute Gasteiger partial charge is 0.0947 e. The molecule has 1 saturated heterocycles. The standard InChI is InChI=1S/C14H27N3/c1-12(13(15)16)11-17-9-7-14(8-10-17)5-3-2-4-6-14/h12H,2-11H2,1H3,(H3,15,16). The maximum Gasteiger partial charge on any atom is 0.0947 e. The lowest BCUT2D eigenvalue weighted by Crippen LogP contribution is -2.44. The molecule has 3 N–H and O–H groups in total. The van der Waals surface area contributed by atoms with E-state index in [9.17, 15) is 0 Å². The van der Waals surface area contributed by atoms with Crippen molar-refractivity contribution in [2.75, 3.05) is 19.6 Å². The number of rotatable bonds is 3. The van der Waals surface area contributed by atoms with Crippen molar-refractivity contribution in [1.29, 1.82) is 5.41 Å². The SMILES string of the molecule is CC(CN1CCC2(CCCCC2)CC1)C(=N)N. The van der Waals surface area contributed by atoms with Gasteiger partial charge in [0.2, 0.25) is 0 Å². The summed E-state index contributed by atoms with van der Waals surface area (Å²) in [5.74, 6) is 0.554. The van der Waals surface area contributed by atoms with E-state index in [4.69, 9.17) is 11.1 Å². The van der Waals surface area contributed by atoms with Gasteiger partial charge in [-0.05, 0) is 44.2 Å². The van der Waals surface area contributed by atoms with E-state index in [1.54, 1.807) is 0 Å². The third-order valence-electron chi connectivity index (χ3n) is 4.89. The molecule has 2 rings (SSSR count). The van der Waals surface area contributed by atoms with Gasteiger partial charge >= 0.3 is 0 Å². The Bertz CT molecular complexity index is 259. The van der Waals surface area contributed by atoms with Gasteiger partial charge in [-0.15, -0.1) is 0 Å². The molecule has 1 atom stereocenters. The number of nitrogens with zero attached hydrogens (tertiary/aromatic N) is 1. The molecule has 3 heteroatoms. The quantitative estimate of drug-likeness (QED) is 0.585. The number of hydrogen-bond donors (Lipinski definition) is 2. The molecule has 1 saturated carbocycles. The van der Waals surface area contributed by atoms with Gasteiger partial charge < -0.3 is 10.6 Å². The molecule has 3 nitrogen and oxygen atoms in total. The molecule has 0 aromatic heterocycles.